The van der Waals surface area contributed by atoms with Crippen molar-refractivity contribution in [3.05, 3.63) is 59.7 Å². The predicted molar refractivity (Wildman–Crippen MR) is 94.9 cm³/mol. The highest BCUT2D eigenvalue weighted by atomic mass is 16.3. The van der Waals surface area contributed by atoms with Crippen LogP contribution in [0, 0.1) is 5.92 Å². The molecular weight excluding hydrogens is 288 g/mol. The topological polar surface area (TPSA) is 65.2 Å². The van der Waals surface area contributed by atoms with Crippen LogP contribution >= 0.6 is 0 Å². The third kappa shape index (κ3) is 4.95. The lowest BCUT2D eigenvalue weighted by atomic mass is 10.1. The first-order chi connectivity index (χ1) is 11.1. The molecule has 0 heterocycles. The summed E-state index contributed by atoms with van der Waals surface area (Å²) in [5, 5.41) is 19.5. The Morgan fingerprint density at radius 2 is 1.39 bits per heavy atom. The van der Waals surface area contributed by atoms with Crippen molar-refractivity contribution in [1.29, 1.82) is 0 Å². The molecule has 4 heteroatoms. The number of para-hydroxylation sites is 2. The van der Waals surface area contributed by atoms with Gasteiger partial charge in [-0.05, 0) is 30.2 Å². The van der Waals surface area contributed by atoms with Crippen molar-refractivity contribution in [2.45, 2.75) is 19.9 Å². The van der Waals surface area contributed by atoms with Gasteiger partial charge in [-0.15, -0.1) is 0 Å². The number of nitrogens with zero attached hydrogens (tertiary/aromatic N) is 2. The molecule has 0 bridgehead atoms. The van der Waals surface area contributed by atoms with Gasteiger partial charge in [0, 0.05) is 23.6 Å². The largest absolute Gasteiger partial charge is 0.507 e. The van der Waals surface area contributed by atoms with Crippen LogP contribution in [0.15, 0.2) is 58.5 Å². The molecule has 2 aromatic rings. The molecule has 0 aliphatic rings. The molecule has 0 saturated carbocycles. The number of aromatic hydroxyl groups is 2. The van der Waals surface area contributed by atoms with Gasteiger partial charge in [-0.2, -0.15) is 0 Å². The number of benzene rings is 2. The second-order valence-electron chi connectivity index (χ2n) is 5.70. The molecule has 2 N–H and O–H groups in total. The van der Waals surface area contributed by atoms with Gasteiger partial charge < -0.3 is 10.2 Å². The van der Waals surface area contributed by atoms with E-state index in [4.69, 9.17) is 0 Å². The van der Waals surface area contributed by atoms with E-state index in [-0.39, 0.29) is 17.5 Å². The maximum absolute atomic E-state index is 9.77. The van der Waals surface area contributed by atoms with Gasteiger partial charge in [-0.1, -0.05) is 38.1 Å². The molecule has 4 nitrogen and oxygen atoms in total. The van der Waals surface area contributed by atoms with Gasteiger partial charge in [0.1, 0.15) is 11.5 Å². The first-order valence-electron chi connectivity index (χ1n) is 7.67. The molecule has 2 aromatic carbocycles. The molecule has 0 saturated heterocycles. The molecule has 0 aliphatic carbocycles. The van der Waals surface area contributed by atoms with E-state index in [1.165, 1.54) is 0 Å². The molecule has 0 unspecified atom stereocenters. The summed E-state index contributed by atoms with van der Waals surface area (Å²) in [5.41, 5.74) is 1.39. The molecule has 120 valence electrons. The van der Waals surface area contributed by atoms with Crippen LogP contribution in [0.3, 0.4) is 0 Å². The standard InChI is InChI=1S/C19H22N2O2/c1-14(2)17(21-12-16-8-4-6-10-19(16)23)13-20-11-15-7-3-5-9-18(15)22/h3-12,14,17,22-23H,13H2,1-2H3/t17-/m1/s1. The number of hydrogen-bond donors (Lipinski definition) is 2. The third-order valence-electron chi connectivity index (χ3n) is 3.57. The minimum absolute atomic E-state index is 0.0108. The lowest BCUT2D eigenvalue weighted by Crippen LogP contribution is -2.17. The minimum Gasteiger partial charge on any atom is -0.507 e. The fourth-order valence-corrected chi connectivity index (χ4v) is 2.06. The van der Waals surface area contributed by atoms with Gasteiger partial charge in [-0.25, -0.2) is 0 Å². The summed E-state index contributed by atoms with van der Waals surface area (Å²) in [6.45, 7) is 4.70. The smallest absolute Gasteiger partial charge is 0.124 e. The van der Waals surface area contributed by atoms with Crippen LogP contribution in [0.2, 0.25) is 0 Å². The number of hydrogen-bond acceptors (Lipinski definition) is 4. The van der Waals surface area contributed by atoms with Crippen molar-refractivity contribution >= 4 is 12.4 Å². The third-order valence-corrected chi connectivity index (χ3v) is 3.57. The van der Waals surface area contributed by atoms with E-state index in [1.807, 2.05) is 24.3 Å². The summed E-state index contributed by atoms with van der Waals surface area (Å²) >= 11 is 0. The van der Waals surface area contributed by atoms with Crippen LogP contribution in [-0.4, -0.2) is 35.2 Å². The number of rotatable bonds is 6. The Kier molecular flexibility index (Phi) is 5.92. The van der Waals surface area contributed by atoms with Crippen molar-refractivity contribution in [2.24, 2.45) is 15.9 Å². The number of phenolic OH excluding ortho intramolecular Hbond substituents is 2. The van der Waals surface area contributed by atoms with Crippen LogP contribution in [0.25, 0.3) is 0 Å². The summed E-state index contributed by atoms with van der Waals surface area (Å²) < 4.78 is 0. The predicted octanol–water partition coefficient (Wildman–Crippen LogP) is 3.66. The summed E-state index contributed by atoms with van der Waals surface area (Å²) in [4.78, 5) is 8.94. The molecule has 23 heavy (non-hydrogen) atoms. The number of aliphatic imine (C=N–C) groups is 2. The molecule has 0 aliphatic heterocycles. The van der Waals surface area contributed by atoms with E-state index in [9.17, 15) is 10.2 Å². The van der Waals surface area contributed by atoms with Crippen LogP contribution in [-0.2, 0) is 0 Å². The summed E-state index contributed by atoms with van der Waals surface area (Å²) in [7, 11) is 0. The fourth-order valence-electron chi connectivity index (χ4n) is 2.06. The van der Waals surface area contributed by atoms with Gasteiger partial charge in [0.25, 0.3) is 0 Å². The maximum atomic E-state index is 9.77. The Hall–Kier alpha value is -2.62. The first kappa shape index (κ1) is 16.7. The normalized spacial score (nSPS) is 13.2. The zero-order valence-corrected chi connectivity index (χ0v) is 13.4. The Morgan fingerprint density at radius 3 is 1.91 bits per heavy atom. The molecular formula is C19H22N2O2. The van der Waals surface area contributed by atoms with Crippen LogP contribution < -0.4 is 0 Å². The first-order valence-corrected chi connectivity index (χ1v) is 7.67. The highest BCUT2D eigenvalue weighted by Crippen LogP contribution is 2.15. The van der Waals surface area contributed by atoms with E-state index in [2.05, 4.69) is 23.8 Å². The van der Waals surface area contributed by atoms with Crippen LogP contribution in [0.4, 0.5) is 0 Å². The van der Waals surface area contributed by atoms with Gasteiger partial charge in [0.15, 0.2) is 0 Å². The lowest BCUT2D eigenvalue weighted by molar-refractivity contribution is 0.473. The van der Waals surface area contributed by atoms with E-state index in [0.29, 0.717) is 23.6 Å². The number of phenols is 2. The van der Waals surface area contributed by atoms with Crippen molar-refractivity contribution < 1.29 is 10.2 Å². The van der Waals surface area contributed by atoms with Crippen molar-refractivity contribution in [2.75, 3.05) is 6.54 Å². The molecule has 1 atom stereocenters. The average molecular weight is 310 g/mol. The van der Waals surface area contributed by atoms with E-state index in [0.717, 1.165) is 0 Å². The summed E-state index contributed by atoms with van der Waals surface area (Å²) in [5.74, 6) is 0.755. The second-order valence-corrected chi connectivity index (χ2v) is 5.70. The van der Waals surface area contributed by atoms with Crippen LogP contribution in [0.1, 0.15) is 25.0 Å². The maximum Gasteiger partial charge on any atom is 0.124 e. The zero-order valence-electron chi connectivity index (χ0n) is 13.4. The average Bonchev–Trinajstić information content (AvgIpc) is 2.53. The summed E-state index contributed by atoms with van der Waals surface area (Å²) in [6.07, 6.45) is 3.36. The van der Waals surface area contributed by atoms with Crippen molar-refractivity contribution in [3.63, 3.8) is 0 Å². The zero-order chi connectivity index (χ0) is 16.7. The molecule has 0 fully saturated rings. The Bertz CT molecular complexity index is 693. The lowest BCUT2D eigenvalue weighted by Gasteiger charge is -2.13. The highest BCUT2D eigenvalue weighted by Gasteiger charge is 2.10. The van der Waals surface area contributed by atoms with E-state index < -0.39 is 0 Å². The SMILES string of the molecule is CC(C)[C@@H](CN=Cc1ccccc1O)N=Cc1ccccc1O. The Labute approximate surface area is 136 Å². The monoisotopic (exact) mass is 310 g/mol. The van der Waals surface area contributed by atoms with E-state index >= 15 is 0 Å². The van der Waals surface area contributed by atoms with Gasteiger partial charge in [0.2, 0.25) is 0 Å². The molecule has 0 spiro atoms. The Balaban J connectivity index is 2.05. The van der Waals surface area contributed by atoms with Gasteiger partial charge in [-0.3, -0.25) is 9.98 Å². The highest BCUT2D eigenvalue weighted by molar-refractivity contribution is 5.84. The van der Waals surface area contributed by atoms with E-state index in [1.54, 1.807) is 36.7 Å². The molecule has 0 amide bonds. The van der Waals surface area contributed by atoms with Crippen molar-refractivity contribution in [1.82, 2.24) is 0 Å². The molecule has 2 rings (SSSR count). The second kappa shape index (κ2) is 8.13. The molecule has 0 aromatic heterocycles. The van der Waals surface area contributed by atoms with Gasteiger partial charge in [0.05, 0.1) is 12.6 Å². The van der Waals surface area contributed by atoms with Crippen molar-refractivity contribution in [3.8, 4) is 11.5 Å². The molecule has 0 radical (unpaired) electrons. The fraction of sp³-hybridized carbons (Fsp3) is 0.263. The summed E-state index contributed by atoms with van der Waals surface area (Å²) in [6, 6.07) is 14.2. The minimum atomic E-state index is 0.0108. The quantitative estimate of drug-likeness (QED) is 0.800. The van der Waals surface area contributed by atoms with Gasteiger partial charge >= 0.3 is 0 Å². The van der Waals surface area contributed by atoms with Crippen LogP contribution in [0.5, 0.6) is 11.5 Å². The Morgan fingerprint density at radius 1 is 0.870 bits per heavy atom.